The fourth-order valence-corrected chi connectivity index (χ4v) is 13.2. The molecule has 3 saturated carbocycles. The van der Waals surface area contributed by atoms with Gasteiger partial charge >= 0.3 is 5.97 Å². The van der Waals surface area contributed by atoms with Gasteiger partial charge in [-0.05, 0) is 142 Å². The van der Waals surface area contributed by atoms with Crippen LogP contribution in [0.15, 0.2) is 36.0 Å². The Kier molecular flexibility index (Phi) is 21.8. The molecule has 3 N–H and O–H groups in total. The molecule has 4 aliphatic carbocycles. The number of unbranched alkanes of at least 4 members (excludes halogenated alkanes) is 12. The van der Waals surface area contributed by atoms with E-state index < -0.39 is 30.7 Å². The predicted octanol–water partition coefficient (Wildman–Crippen LogP) is 13.4. The Hall–Kier alpha value is -1.51. The number of hydrogen-bond donors (Lipinski definition) is 3. The topological polar surface area (TPSA) is 105 Å². The Labute approximate surface area is 386 Å². The van der Waals surface area contributed by atoms with Crippen molar-refractivity contribution in [3.8, 4) is 0 Å². The molecule has 7 nitrogen and oxygen atoms in total. The molecule has 14 atom stereocenters. The van der Waals surface area contributed by atoms with Gasteiger partial charge < -0.3 is 29.5 Å². The third-order valence-electron chi connectivity index (χ3n) is 17.8. The number of allylic oxidation sites excluding steroid dienone is 5. The highest BCUT2D eigenvalue weighted by atomic mass is 16.7. The molecule has 362 valence electrons. The number of carbonyl (C=O) groups excluding carboxylic acids is 1. The molecule has 1 saturated heterocycles. The number of ether oxygens (including phenoxy) is 3. The van der Waals surface area contributed by atoms with Crippen LogP contribution in [-0.2, 0) is 19.0 Å². The monoisotopic (exact) mass is 881 g/mol. The number of esters is 1. The second kappa shape index (κ2) is 26.1. The first kappa shape index (κ1) is 52.5. The molecule has 1 heterocycles. The summed E-state index contributed by atoms with van der Waals surface area (Å²) in [5.41, 5.74) is 2.12. The SMILES string of the molecule is CCCCC/C=C\C/C=C\CCCCCCCCCCCC(=O)OCC1O[C@@H](O[C@H]2CC[C@@]3(C)C(=CC[C@H]4[C@@H]5CC[C@H]([C@H](C)CC[C@@H](C)C(C)C)[C@@]5(C)CC[C@@H]43)C2)C(O)C(O)[C@@H]1O. The smallest absolute Gasteiger partial charge is 0.305 e. The molecular formula is C56H96O7. The second-order valence-corrected chi connectivity index (χ2v) is 22.4. The standard InChI is InChI=1S/C56H96O7/c1-8-9-10-11-12-13-14-15-16-17-18-19-20-21-22-23-24-25-26-27-50(57)61-39-49-51(58)52(59)53(60)54(63-49)62-44-34-36-55(6)43(38-44)30-31-45-47-33-32-46(56(47,7)37-35-48(45)55)42(5)29-28-41(4)40(2)3/h12-13,15-16,30,40-42,44-49,51-54,58-60H,8-11,14,17-29,31-39H2,1-7H3/b13-12-,16-15-/t41-,42-,44+,45+,46-,47+,48+,49?,51-,52?,53?,54-,55+,56-/m1/s1. The Morgan fingerprint density at radius 2 is 1.44 bits per heavy atom. The summed E-state index contributed by atoms with van der Waals surface area (Å²) in [6.45, 7) is 17.0. The Morgan fingerprint density at radius 1 is 0.778 bits per heavy atom. The zero-order valence-electron chi connectivity index (χ0n) is 41.5. The van der Waals surface area contributed by atoms with Gasteiger partial charge in [-0.1, -0.05) is 155 Å². The average Bonchev–Trinajstić information content (AvgIpc) is 3.63. The van der Waals surface area contributed by atoms with Crippen LogP contribution < -0.4 is 0 Å². The van der Waals surface area contributed by atoms with Crippen LogP contribution in [0.3, 0.4) is 0 Å². The second-order valence-electron chi connectivity index (χ2n) is 22.4. The van der Waals surface area contributed by atoms with Gasteiger partial charge in [0.15, 0.2) is 6.29 Å². The van der Waals surface area contributed by atoms with Crippen molar-refractivity contribution in [3.63, 3.8) is 0 Å². The van der Waals surface area contributed by atoms with Crippen LogP contribution in [0.25, 0.3) is 0 Å². The molecule has 0 radical (unpaired) electrons. The molecule has 0 aromatic rings. The Balaban J connectivity index is 0.966. The molecule has 3 unspecified atom stereocenters. The van der Waals surface area contributed by atoms with Gasteiger partial charge in [0, 0.05) is 6.42 Å². The molecule has 63 heavy (non-hydrogen) atoms. The molecule has 5 aliphatic rings. The van der Waals surface area contributed by atoms with E-state index in [1.807, 2.05) is 0 Å². The fourth-order valence-electron chi connectivity index (χ4n) is 13.2. The van der Waals surface area contributed by atoms with E-state index in [9.17, 15) is 20.1 Å². The minimum Gasteiger partial charge on any atom is -0.463 e. The van der Waals surface area contributed by atoms with Crippen molar-refractivity contribution in [3.05, 3.63) is 36.0 Å². The van der Waals surface area contributed by atoms with Crippen molar-refractivity contribution >= 4 is 5.97 Å². The molecular weight excluding hydrogens is 785 g/mol. The van der Waals surface area contributed by atoms with Crippen molar-refractivity contribution in [2.24, 2.45) is 52.3 Å². The van der Waals surface area contributed by atoms with Crippen molar-refractivity contribution < 1.29 is 34.3 Å². The maximum Gasteiger partial charge on any atom is 0.305 e. The van der Waals surface area contributed by atoms with E-state index in [1.54, 1.807) is 0 Å². The van der Waals surface area contributed by atoms with E-state index in [0.717, 1.165) is 86.9 Å². The van der Waals surface area contributed by atoms with E-state index in [2.05, 4.69) is 78.8 Å². The zero-order chi connectivity index (χ0) is 45.4. The van der Waals surface area contributed by atoms with Crippen LogP contribution >= 0.6 is 0 Å². The number of hydrogen-bond acceptors (Lipinski definition) is 7. The number of aliphatic hydroxyl groups excluding tert-OH is 3. The minimum atomic E-state index is -1.45. The summed E-state index contributed by atoms with van der Waals surface area (Å²) in [5, 5.41) is 32.6. The van der Waals surface area contributed by atoms with Crippen molar-refractivity contribution in [2.45, 2.75) is 252 Å². The third-order valence-corrected chi connectivity index (χ3v) is 17.8. The summed E-state index contributed by atoms with van der Waals surface area (Å²) in [4.78, 5) is 12.7. The van der Waals surface area contributed by atoms with Gasteiger partial charge in [0.05, 0.1) is 6.10 Å². The van der Waals surface area contributed by atoms with Crippen LogP contribution in [0.2, 0.25) is 0 Å². The van der Waals surface area contributed by atoms with Crippen molar-refractivity contribution in [2.75, 3.05) is 6.61 Å². The molecule has 0 amide bonds. The highest BCUT2D eigenvalue weighted by Gasteiger charge is 2.59. The summed E-state index contributed by atoms with van der Waals surface area (Å²) in [7, 11) is 0. The summed E-state index contributed by atoms with van der Waals surface area (Å²) < 4.78 is 18.1. The minimum absolute atomic E-state index is 0.144. The van der Waals surface area contributed by atoms with Crippen LogP contribution in [0.4, 0.5) is 0 Å². The van der Waals surface area contributed by atoms with Gasteiger partial charge in [-0.3, -0.25) is 4.79 Å². The van der Waals surface area contributed by atoms with Gasteiger partial charge in [-0.15, -0.1) is 0 Å². The maximum absolute atomic E-state index is 12.7. The molecule has 0 aromatic heterocycles. The van der Waals surface area contributed by atoms with Crippen LogP contribution in [0, 0.1) is 52.3 Å². The lowest BCUT2D eigenvalue weighted by Crippen LogP contribution is -2.60. The normalized spacial score (nSPS) is 35.4. The van der Waals surface area contributed by atoms with Gasteiger partial charge in [0.1, 0.15) is 31.0 Å². The van der Waals surface area contributed by atoms with E-state index in [1.165, 1.54) is 115 Å². The lowest BCUT2D eigenvalue weighted by molar-refractivity contribution is -0.313. The first-order valence-electron chi connectivity index (χ1n) is 26.8. The average molecular weight is 881 g/mol. The third kappa shape index (κ3) is 14.5. The predicted molar refractivity (Wildman–Crippen MR) is 258 cm³/mol. The molecule has 1 aliphatic heterocycles. The summed E-state index contributed by atoms with van der Waals surface area (Å²) >= 11 is 0. The fraction of sp³-hybridized carbons (Fsp3) is 0.875. The van der Waals surface area contributed by atoms with Crippen molar-refractivity contribution in [1.82, 2.24) is 0 Å². The molecule has 4 fully saturated rings. The van der Waals surface area contributed by atoms with Gasteiger partial charge in [-0.25, -0.2) is 0 Å². The van der Waals surface area contributed by atoms with Crippen LogP contribution in [0.5, 0.6) is 0 Å². The number of fused-ring (bicyclic) bond motifs is 5. The van der Waals surface area contributed by atoms with Gasteiger partial charge in [0.2, 0.25) is 0 Å². The van der Waals surface area contributed by atoms with E-state index >= 15 is 0 Å². The Bertz CT molecular complexity index is 1420. The highest BCUT2D eigenvalue weighted by Crippen LogP contribution is 2.67. The van der Waals surface area contributed by atoms with Crippen LogP contribution in [-0.4, -0.2) is 64.7 Å². The van der Waals surface area contributed by atoms with E-state index in [0.29, 0.717) is 17.8 Å². The molecule has 0 aromatic carbocycles. The van der Waals surface area contributed by atoms with E-state index in [-0.39, 0.29) is 24.1 Å². The molecule has 5 rings (SSSR count). The van der Waals surface area contributed by atoms with Gasteiger partial charge in [-0.2, -0.15) is 0 Å². The zero-order valence-corrected chi connectivity index (χ0v) is 41.5. The summed E-state index contributed by atoms with van der Waals surface area (Å²) in [6.07, 6.45) is 35.6. The van der Waals surface area contributed by atoms with Gasteiger partial charge in [0.25, 0.3) is 0 Å². The molecule has 7 heteroatoms. The van der Waals surface area contributed by atoms with Crippen LogP contribution in [0.1, 0.15) is 215 Å². The van der Waals surface area contributed by atoms with E-state index in [4.69, 9.17) is 14.2 Å². The first-order valence-corrected chi connectivity index (χ1v) is 26.8. The lowest BCUT2D eigenvalue weighted by atomic mass is 9.47. The number of aliphatic hydroxyl groups is 3. The molecule has 0 spiro atoms. The highest BCUT2D eigenvalue weighted by molar-refractivity contribution is 5.69. The summed E-state index contributed by atoms with van der Waals surface area (Å²) in [5.74, 6) is 5.14. The number of rotatable bonds is 27. The summed E-state index contributed by atoms with van der Waals surface area (Å²) in [6, 6.07) is 0. The quantitative estimate of drug-likeness (QED) is 0.0429. The Morgan fingerprint density at radius 3 is 2.13 bits per heavy atom. The largest absolute Gasteiger partial charge is 0.463 e. The first-order chi connectivity index (χ1) is 30.3. The van der Waals surface area contributed by atoms with Crippen molar-refractivity contribution in [1.29, 1.82) is 0 Å². The lowest BCUT2D eigenvalue weighted by Gasteiger charge is -2.58. The number of carbonyl (C=O) groups is 1. The maximum atomic E-state index is 12.7. The molecule has 0 bridgehead atoms.